The third-order valence-corrected chi connectivity index (χ3v) is 6.55. The highest BCUT2D eigenvalue weighted by molar-refractivity contribution is 7.94. The van der Waals surface area contributed by atoms with Crippen molar-refractivity contribution >= 4 is 26.8 Å². The van der Waals surface area contributed by atoms with Gasteiger partial charge in [-0.25, -0.2) is 13.4 Å². The number of carbonyl (C=O) groups is 1. The van der Waals surface area contributed by atoms with Crippen LogP contribution >= 0.6 is 0 Å². The van der Waals surface area contributed by atoms with Gasteiger partial charge in [0, 0.05) is 36.8 Å². The number of allylic oxidation sites excluding steroid dienone is 1. The van der Waals surface area contributed by atoms with Crippen molar-refractivity contribution in [3.05, 3.63) is 41.6 Å². The summed E-state index contributed by atoms with van der Waals surface area (Å²) in [7, 11) is -3.09. The summed E-state index contributed by atoms with van der Waals surface area (Å²) in [6.07, 6.45) is 3.69. The lowest BCUT2D eigenvalue weighted by molar-refractivity contribution is -0.132. The minimum absolute atomic E-state index is 0.0507. The average Bonchev–Trinajstić information content (AvgIpc) is 3.18. The maximum atomic E-state index is 12.4. The highest BCUT2D eigenvalue weighted by Gasteiger charge is 2.29. The number of hydrogen-bond acceptors (Lipinski definition) is 4. The van der Waals surface area contributed by atoms with Crippen LogP contribution in [0.2, 0.25) is 0 Å². The molecule has 1 atom stereocenters. The van der Waals surface area contributed by atoms with E-state index < -0.39 is 9.84 Å². The summed E-state index contributed by atoms with van der Waals surface area (Å²) in [5, 5.41) is 1.23. The number of sulfone groups is 1. The summed E-state index contributed by atoms with van der Waals surface area (Å²) in [5.74, 6) is 1.27. The molecule has 1 aromatic heterocycles. The largest absolute Gasteiger partial charge is 0.343 e. The fourth-order valence-electron chi connectivity index (χ4n) is 3.69. The number of rotatable bonds is 3. The van der Waals surface area contributed by atoms with Crippen molar-refractivity contribution in [1.29, 1.82) is 0 Å². The third kappa shape index (κ3) is 3.46. The highest BCUT2D eigenvalue weighted by atomic mass is 32.2. The van der Waals surface area contributed by atoms with Crippen molar-refractivity contribution in [2.75, 3.05) is 18.8 Å². The number of imidazole rings is 1. The van der Waals surface area contributed by atoms with Crippen LogP contribution in [0.3, 0.4) is 0 Å². The average molecular weight is 359 g/mol. The van der Waals surface area contributed by atoms with Gasteiger partial charge >= 0.3 is 0 Å². The van der Waals surface area contributed by atoms with Crippen LogP contribution in [0, 0.1) is 5.92 Å². The van der Waals surface area contributed by atoms with Gasteiger partial charge in [0.25, 0.3) is 0 Å². The van der Waals surface area contributed by atoms with Crippen molar-refractivity contribution in [2.24, 2.45) is 5.92 Å². The number of para-hydroxylation sites is 2. The predicted octanol–water partition coefficient (Wildman–Crippen LogP) is 2.22. The molecule has 2 aliphatic rings. The van der Waals surface area contributed by atoms with Crippen molar-refractivity contribution in [3.63, 3.8) is 0 Å². The lowest BCUT2D eigenvalue weighted by Gasteiger charge is -2.31. The van der Waals surface area contributed by atoms with Gasteiger partial charge < -0.3 is 9.88 Å². The summed E-state index contributed by atoms with van der Waals surface area (Å²) >= 11 is 0. The normalized spacial score (nSPS) is 23.4. The molecular weight excluding hydrogens is 338 g/mol. The molecule has 132 valence electrons. The molecule has 1 amide bonds. The fourth-order valence-corrected chi connectivity index (χ4v) is 5.09. The zero-order valence-corrected chi connectivity index (χ0v) is 14.7. The molecule has 4 rings (SSSR count). The number of fused-ring (bicyclic) bond motifs is 1. The molecule has 0 spiro atoms. The zero-order valence-electron chi connectivity index (χ0n) is 13.9. The SMILES string of the molecule is O=C(C[C@@H]1C=CS(=O)(=O)C1)N1CCC(c2nc3ccccc3[nH]2)CC1. The summed E-state index contributed by atoms with van der Waals surface area (Å²) in [6.45, 7) is 1.40. The van der Waals surface area contributed by atoms with E-state index in [4.69, 9.17) is 0 Å². The second-order valence-corrected chi connectivity index (χ2v) is 8.85. The lowest BCUT2D eigenvalue weighted by Crippen LogP contribution is -2.39. The van der Waals surface area contributed by atoms with Gasteiger partial charge in [-0.05, 0) is 25.0 Å². The van der Waals surface area contributed by atoms with Crippen molar-refractivity contribution in [1.82, 2.24) is 14.9 Å². The molecule has 1 saturated heterocycles. The van der Waals surface area contributed by atoms with Crippen molar-refractivity contribution < 1.29 is 13.2 Å². The smallest absolute Gasteiger partial charge is 0.223 e. The summed E-state index contributed by atoms with van der Waals surface area (Å²) in [4.78, 5) is 22.3. The van der Waals surface area contributed by atoms with Gasteiger partial charge in [-0.1, -0.05) is 18.2 Å². The first-order chi connectivity index (χ1) is 12.0. The van der Waals surface area contributed by atoms with Gasteiger partial charge in [-0.15, -0.1) is 0 Å². The molecule has 0 bridgehead atoms. The summed E-state index contributed by atoms with van der Waals surface area (Å²) < 4.78 is 22.9. The van der Waals surface area contributed by atoms with Gasteiger partial charge in [0.2, 0.25) is 5.91 Å². The van der Waals surface area contributed by atoms with E-state index in [1.54, 1.807) is 6.08 Å². The molecule has 0 radical (unpaired) electrons. The van der Waals surface area contributed by atoms with E-state index in [1.807, 2.05) is 29.2 Å². The number of H-pyrrole nitrogens is 1. The number of benzene rings is 1. The van der Waals surface area contributed by atoms with Crippen molar-refractivity contribution in [2.45, 2.75) is 25.2 Å². The minimum Gasteiger partial charge on any atom is -0.343 e. The van der Waals surface area contributed by atoms with E-state index >= 15 is 0 Å². The van der Waals surface area contributed by atoms with Gasteiger partial charge in [0.05, 0.1) is 16.8 Å². The standard InChI is InChI=1S/C18H21N3O3S/c22-17(11-13-7-10-25(23,24)12-13)21-8-5-14(6-9-21)18-19-15-3-1-2-4-16(15)20-18/h1-4,7,10,13-14H,5-6,8-9,11-12H2,(H,19,20)/t13-/m0/s1. The maximum Gasteiger partial charge on any atom is 0.223 e. The summed E-state index contributed by atoms with van der Waals surface area (Å²) in [5.41, 5.74) is 2.02. The number of hydrogen-bond donors (Lipinski definition) is 1. The first-order valence-corrected chi connectivity index (χ1v) is 10.3. The van der Waals surface area contributed by atoms with E-state index in [9.17, 15) is 13.2 Å². The van der Waals surface area contributed by atoms with E-state index in [2.05, 4.69) is 9.97 Å². The molecule has 1 fully saturated rings. The molecule has 0 aliphatic carbocycles. The number of aromatic nitrogens is 2. The molecule has 2 aliphatic heterocycles. The predicted molar refractivity (Wildman–Crippen MR) is 95.7 cm³/mol. The molecule has 1 aromatic carbocycles. The van der Waals surface area contributed by atoms with E-state index in [-0.39, 0.29) is 24.0 Å². The second-order valence-electron chi connectivity index (χ2n) is 6.92. The van der Waals surface area contributed by atoms with Gasteiger partial charge in [0.15, 0.2) is 9.84 Å². The Bertz CT molecular complexity index is 891. The first-order valence-electron chi connectivity index (χ1n) is 8.63. The number of nitrogens with zero attached hydrogens (tertiary/aromatic N) is 2. The van der Waals surface area contributed by atoms with Crippen LogP contribution in [0.15, 0.2) is 35.7 Å². The van der Waals surface area contributed by atoms with Crippen LogP contribution in [0.25, 0.3) is 11.0 Å². The van der Waals surface area contributed by atoms with Crippen LogP contribution < -0.4 is 0 Å². The Morgan fingerprint density at radius 1 is 1.24 bits per heavy atom. The quantitative estimate of drug-likeness (QED) is 0.911. The van der Waals surface area contributed by atoms with Gasteiger partial charge in [0.1, 0.15) is 5.82 Å². The maximum absolute atomic E-state index is 12.4. The Morgan fingerprint density at radius 2 is 2.00 bits per heavy atom. The number of piperidine rings is 1. The molecule has 6 nitrogen and oxygen atoms in total. The second kappa shape index (κ2) is 6.29. The van der Waals surface area contributed by atoms with Crippen LogP contribution in [0.4, 0.5) is 0 Å². The first kappa shape index (κ1) is 16.3. The van der Waals surface area contributed by atoms with Gasteiger partial charge in [-0.3, -0.25) is 4.79 Å². The Hall–Kier alpha value is -2.15. The number of nitrogens with one attached hydrogen (secondary N) is 1. The van der Waals surface area contributed by atoms with E-state index in [0.717, 1.165) is 29.7 Å². The topological polar surface area (TPSA) is 83.1 Å². The Labute approximate surface area is 146 Å². The van der Waals surface area contributed by atoms with Gasteiger partial charge in [-0.2, -0.15) is 0 Å². The highest BCUT2D eigenvalue weighted by Crippen LogP contribution is 2.28. The third-order valence-electron chi connectivity index (χ3n) is 5.08. The van der Waals surface area contributed by atoms with Crippen LogP contribution in [0.1, 0.15) is 31.0 Å². The van der Waals surface area contributed by atoms with Crippen molar-refractivity contribution in [3.8, 4) is 0 Å². The number of aromatic amines is 1. The Morgan fingerprint density at radius 3 is 2.68 bits per heavy atom. The van der Waals surface area contributed by atoms with E-state index in [0.29, 0.717) is 19.0 Å². The molecule has 0 unspecified atom stereocenters. The number of carbonyl (C=O) groups excluding carboxylic acids is 1. The summed E-state index contributed by atoms with van der Waals surface area (Å²) in [6, 6.07) is 7.99. The lowest BCUT2D eigenvalue weighted by atomic mass is 9.95. The molecule has 0 saturated carbocycles. The van der Waals surface area contributed by atoms with Crippen LogP contribution in [-0.2, 0) is 14.6 Å². The van der Waals surface area contributed by atoms with E-state index in [1.165, 1.54) is 5.41 Å². The minimum atomic E-state index is -3.09. The molecule has 2 aromatic rings. The Balaban J connectivity index is 1.35. The van der Waals surface area contributed by atoms with Crippen LogP contribution in [-0.4, -0.2) is 48.0 Å². The van der Waals surface area contributed by atoms with Crippen LogP contribution in [0.5, 0.6) is 0 Å². The molecule has 1 N–H and O–H groups in total. The Kier molecular flexibility index (Phi) is 4.11. The zero-order chi connectivity index (χ0) is 17.4. The molecule has 7 heteroatoms. The fraction of sp³-hybridized carbons (Fsp3) is 0.444. The number of amides is 1. The number of likely N-dealkylation sites (tertiary alicyclic amines) is 1. The molecule has 3 heterocycles. The monoisotopic (exact) mass is 359 g/mol. The molecule has 25 heavy (non-hydrogen) atoms. The molecular formula is C18H21N3O3S.